The van der Waals surface area contributed by atoms with Crippen molar-refractivity contribution in [2.75, 3.05) is 12.3 Å². The van der Waals surface area contributed by atoms with Crippen LogP contribution in [0.1, 0.15) is 48.0 Å². The Balaban J connectivity index is 2.65. The van der Waals surface area contributed by atoms with E-state index in [1.807, 2.05) is 20.8 Å². The summed E-state index contributed by atoms with van der Waals surface area (Å²) >= 11 is 1.20. The van der Waals surface area contributed by atoms with Crippen molar-refractivity contribution in [2.45, 2.75) is 53.2 Å². The lowest BCUT2D eigenvalue weighted by Gasteiger charge is -2.21. The normalized spacial score (nSPS) is 19.7. The molecule has 124 valence electrons. The lowest BCUT2D eigenvalue weighted by molar-refractivity contribution is -0.143. The molecule has 0 spiro atoms. The summed E-state index contributed by atoms with van der Waals surface area (Å²) in [6, 6.07) is 0. The van der Waals surface area contributed by atoms with E-state index in [-0.39, 0.29) is 42.1 Å². The summed E-state index contributed by atoms with van der Waals surface area (Å²) in [6.07, 6.45) is 0.0678. The van der Waals surface area contributed by atoms with Gasteiger partial charge in [0.25, 0.3) is 0 Å². The zero-order valence-electron chi connectivity index (χ0n) is 14.2. The SMILES string of the molecule is CC(C)(C)C(=O)CSC1CC(=O)N(CC(=O)C(C)(C)C)C1=O. The van der Waals surface area contributed by atoms with Crippen LogP contribution in [0.5, 0.6) is 0 Å². The first-order chi connectivity index (χ1) is 9.84. The fourth-order valence-electron chi connectivity index (χ4n) is 1.72. The van der Waals surface area contributed by atoms with Gasteiger partial charge in [-0.05, 0) is 0 Å². The van der Waals surface area contributed by atoms with Crippen LogP contribution < -0.4 is 0 Å². The first-order valence-electron chi connectivity index (χ1n) is 7.36. The van der Waals surface area contributed by atoms with Crippen LogP contribution >= 0.6 is 11.8 Å². The van der Waals surface area contributed by atoms with E-state index in [0.717, 1.165) is 4.90 Å². The average Bonchev–Trinajstić information content (AvgIpc) is 2.61. The molecule has 5 nitrogen and oxygen atoms in total. The molecule has 22 heavy (non-hydrogen) atoms. The quantitative estimate of drug-likeness (QED) is 0.723. The lowest BCUT2D eigenvalue weighted by atomic mass is 9.90. The number of hydrogen-bond donors (Lipinski definition) is 0. The third kappa shape index (κ3) is 4.66. The van der Waals surface area contributed by atoms with Gasteiger partial charge in [0.05, 0.1) is 17.5 Å². The van der Waals surface area contributed by atoms with E-state index in [9.17, 15) is 19.2 Å². The molecule has 0 aromatic heterocycles. The molecular weight excluding hydrogens is 302 g/mol. The van der Waals surface area contributed by atoms with E-state index in [2.05, 4.69) is 0 Å². The van der Waals surface area contributed by atoms with Crippen LogP contribution in [0.4, 0.5) is 0 Å². The molecule has 1 heterocycles. The average molecular weight is 327 g/mol. The van der Waals surface area contributed by atoms with Crippen LogP contribution in [0.15, 0.2) is 0 Å². The lowest BCUT2D eigenvalue weighted by Crippen LogP contribution is -2.40. The second-order valence-electron chi connectivity index (χ2n) is 7.67. The fraction of sp³-hybridized carbons (Fsp3) is 0.750. The van der Waals surface area contributed by atoms with Gasteiger partial charge in [0.2, 0.25) is 11.8 Å². The molecule has 0 N–H and O–H groups in total. The summed E-state index contributed by atoms with van der Waals surface area (Å²) in [5.41, 5.74) is -1.05. The van der Waals surface area contributed by atoms with E-state index in [1.165, 1.54) is 11.8 Å². The van der Waals surface area contributed by atoms with Gasteiger partial charge in [-0.3, -0.25) is 24.1 Å². The molecule has 1 unspecified atom stereocenters. The standard InChI is InChI=1S/C16H25NO4S/c1-15(2,3)11(18)8-17-13(20)7-10(14(17)21)22-9-12(19)16(4,5)6/h10H,7-9H2,1-6H3. The van der Waals surface area contributed by atoms with Gasteiger partial charge in [0, 0.05) is 17.3 Å². The Morgan fingerprint density at radius 2 is 1.55 bits per heavy atom. The first kappa shape index (κ1) is 18.9. The molecule has 6 heteroatoms. The molecule has 1 aliphatic rings. The minimum Gasteiger partial charge on any atom is -0.298 e. The van der Waals surface area contributed by atoms with Crippen LogP contribution in [-0.2, 0) is 19.2 Å². The van der Waals surface area contributed by atoms with Gasteiger partial charge in [0.1, 0.15) is 5.78 Å². The molecule has 0 saturated carbocycles. The van der Waals surface area contributed by atoms with E-state index in [4.69, 9.17) is 0 Å². The largest absolute Gasteiger partial charge is 0.298 e. The number of Topliss-reactive ketones (excluding diaryl/α,β-unsaturated/α-hetero) is 2. The number of ketones is 2. The maximum Gasteiger partial charge on any atom is 0.243 e. The van der Waals surface area contributed by atoms with Gasteiger partial charge in [0.15, 0.2) is 5.78 Å². The molecule has 0 aromatic rings. The summed E-state index contributed by atoms with van der Waals surface area (Å²) in [5.74, 6) is -0.584. The maximum atomic E-state index is 12.3. The molecule has 0 radical (unpaired) electrons. The summed E-state index contributed by atoms with van der Waals surface area (Å²) in [7, 11) is 0. The first-order valence-corrected chi connectivity index (χ1v) is 8.41. The zero-order chi connectivity index (χ0) is 17.3. The van der Waals surface area contributed by atoms with Crippen molar-refractivity contribution >= 4 is 35.1 Å². The highest BCUT2D eigenvalue weighted by molar-refractivity contribution is 8.01. The second kappa shape index (κ2) is 6.52. The Kier molecular flexibility index (Phi) is 5.60. The molecule has 0 bridgehead atoms. The van der Waals surface area contributed by atoms with Crippen molar-refractivity contribution in [1.29, 1.82) is 0 Å². The van der Waals surface area contributed by atoms with E-state index >= 15 is 0 Å². The number of carbonyl (C=O) groups excluding carboxylic acids is 4. The van der Waals surface area contributed by atoms with Crippen LogP contribution in [0.25, 0.3) is 0 Å². The molecule has 0 aromatic carbocycles. The molecule has 2 amide bonds. The highest BCUT2D eigenvalue weighted by Gasteiger charge is 2.41. The van der Waals surface area contributed by atoms with Gasteiger partial charge >= 0.3 is 0 Å². The van der Waals surface area contributed by atoms with Gasteiger partial charge in [-0.15, -0.1) is 11.8 Å². The summed E-state index contributed by atoms with van der Waals surface area (Å²) < 4.78 is 0. The number of carbonyl (C=O) groups is 4. The smallest absolute Gasteiger partial charge is 0.243 e. The van der Waals surface area contributed by atoms with E-state index in [1.54, 1.807) is 20.8 Å². The minimum atomic E-state index is -0.589. The topological polar surface area (TPSA) is 71.5 Å². The molecule has 1 aliphatic heterocycles. The number of imide groups is 1. The fourth-order valence-corrected chi connectivity index (χ4v) is 3.04. The number of thioether (sulfide) groups is 1. The number of rotatable bonds is 5. The van der Waals surface area contributed by atoms with Crippen LogP contribution in [0.3, 0.4) is 0 Å². The van der Waals surface area contributed by atoms with Crippen LogP contribution in [-0.4, -0.2) is 45.8 Å². The van der Waals surface area contributed by atoms with Crippen molar-refractivity contribution in [3.8, 4) is 0 Å². The third-order valence-corrected chi connectivity index (χ3v) is 4.79. The second-order valence-corrected chi connectivity index (χ2v) is 8.86. The third-order valence-electron chi connectivity index (χ3n) is 3.59. The van der Waals surface area contributed by atoms with Gasteiger partial charge < -0.3 is 0 Å². The Hall–Kier alpha value is -1.17. The van der Waals surface area contributed by atoms with E-state index < -0.39 is 16.1 Å². The van der Waals surface area contributed by atoms with Crippen molar-refractivity contribution in [3.05, 3.63) is 0 Å². The monoisotopic (exact) mass is 327 g/mol. The number of amides is 2. The Labute approximate surface area is 136 Å². The molecule has 1 rings (SSSR count). The van der Waals surface area contributed by atoms with Gasteiger partial charge in [-0.25, -0.2) is 0 Å². The summed E-state index contributed by atoms with van der Waals surface area (Å²) in [4.78, 5) is 49.2. The predicted octanol–water partition coefficient (Wildman–Crippen LogP) is 2.08. The maximum absolute atomic E-state index is 12.3. The highest BCUT2D eigenvalue weighted by Crippen LogP contribution is 2.28. The number of nitrogens with zero attached hydrogens (tertiary/aromatic N) is 1. The zero-order valence-corrected chi connectivity index (χ0v) is 15.0. The molecule has 0 aliphatic carbocycles. The number of hydrogen-bond acceptors (Lipinski definition) is 5. The van der Waals surface area contributed by atoms with Crippen LogP contribution in [0.2, 0.25) is 0 Å². The van der Waals surface area contributed by atoms with Gasteiger partial charge in [-0.2, -0.15) is 0 Å². The highest BCUT2D eigenvalue weighted by atomic mass is 32.2. The van der Waals surface area contributed by atoms with Crippen LogP contribution in [0, 0.1) is 10.8 Å². The molecule has 1 saturated heterocycles. The van der Waals surface area contributed by atoms with Crippen molar-refractivity contribution in [3.63, 3.8) is 0 Å². The van der Waals surface area contributed by atoms with Crippen molar-refractivity contribution in [2.24, 2.45) is 10.8 Å². The summed E-state index contributed by atoms with van der Waals surface area (Å²) in [6.45, 7) is 10.6. The molecular formula is C16H25NO4S. The Bertz CT molecular complexity index is 499. The van der Waals surface area contributed by atoms with Crippen molar-refractivity contribution in [1.82, 2.24) is 4.90 Å². The molecule has 1 atom stereocenters. The minimum absolute atomic E-state index is 0.0435. The van der Waals surface area contributed by atoms with Gasteiger partial charge in [-0.1, -0.05) is 41.5 Å². The summed E-state index contributed by atoms with van der Waals surface area (Å²) in [5, 5.41) is -0.549. The Morgan fingerprint density at radius 3 is 2.00 bits per heavy atom. The Morgan fingerprint density at radius 1 is 1.05 bits per heavy atom. The molecule has 1 fully saturated rings. The van der Waals surface area contributed by atoms with Crippen molar-refractivity contribution < 1.29 is 19.2 Å². The number of likely N-dealkylation sites (tertiary alicyclic amines) is 1. The predicted molar refractivity (Wildman–Crippen MR) is 86.5 cm³/mol. The van der Waals surface area contributed by atoms with E-state index in [0.29, 0.717) is 0 Å².